The molecule has 0 aliphatic rings. The van der Waals surface area contributed by atoms with Crippen LogP contribution in [-0.4, -0.2) is 16.5 Å². The zero-order valence-corrected chi connectivity index (χ0v) is 10.5. The number of nitrogens with two attached hydrogens (primary N) is 1. The number of rotatable bonds is 4. The number of anilines is 2. The number of aromatic amines is 1. The topological polar surface area (TPSA) is 83.8 Å². The highest BCUT2D eigenvalue weighted by Gasteiger charge is 2.04. The van der Waals surface area contributed by atoms with E-state index < -0.39 is 0 Å². The van der Waals surface area contributed by atoms with Crippen molar-refractivity contribution in [3.8, 4) is 0 Å². The van der Waals surface area contributed by atoms with Crippen LogP contribution in [0, 0.1) is 12.7 Å². The fourth-order valence-corrected chi connectivity index (χ4v) is 1.81. The monoisotopic (exact) mass is 262 g/mol. The van der Waals surface area contributed by atoms with E-state index in [1.54, 1.807) is 6.07 Å². The van der Waals surface area contributed by atoms with E-state index in [1.165, 1.54) is 18.5 Å². The Morgan fingerprint density at radius 1 is 1.47 bits per heavy atom. The zero-order chi connectivity index (χ0) is 13.8. The lowest BCUT2D eigenvalue weighted by atomic mass is 10.1. The Labute approximate surface area is 109 Å². The van der Waals surface area contributed by atoms with Gasteiger partial charge in [0.05, 0.1) is 6.33 Å². The number of nitrogens with one attached hydrogen (secondary N) is 2. The predicted octanol–water partition coefficient (Wildman–Crippen LogP) is 1.45. The Kier molecular flexibility index (Phi) is 3.79. The first-order valence-electron chi connectivity index (χ1n) is 5.90. The average molecular weight is 262 g/mol. The van der Waals surface area contributed by atoms with Gasteiger partial charge in [-0.05, 0) is 36.6 Å². The summed E-state index contributed by atoms with van der Waals surface area (Å²) in [5.41, 5.74) is 7.23. The molecule has 0 atom stereocenters. The highest BCUT2D eigenvalue weighted by atomic mass is 19.1. The van der Waals surface area contributed by atoms with Crippen LogP contribution < -0.4 is 16.6 Å². The Morgan fingerprint density at radius 2 is 2.26 bits per heavy atom. The molecule has 0 radical (unpaired) electrons. The lowest BCUT2D eigenvalue weighted by Crippen LogP contribution is -2.17. The zero-order valence-electron chi connectivity index (χ0n) is 10.5. The third-order valence-corrected chi connectivity index (χ3v) is 2.88. The fourth-order valence-electron chi connectivity index (χ4n) is 1.81. The van der Waals surface area contributed by atoms with Gasteiger partial charge in [0.25, 0.3) is 5.56 Å². The number of H-pyrrole nitrogens is 1. The molecule has 2 rings (SSSR count). The van der Waals surface area contributed by atoms with Crippen molar-refractivity contribution in [2.75, 3.05) is 17.6 Å². The van der Waals surface area contributed by atoms with Gasteiger partial charge in [-0.3, -0.25) is 4.79 Å². The van der Waals surface area contributed by atoms with Gasteiger partial charge in [0.2, 0.25) is 0 Å². The second kappa shape index (κ2) is 5.51. The van der Waals surface area contributed by atoms with Crippen molar-refractivity contribution in [2.24, 2.45) is 0 Å². The quantitative estimate of drug-likeness (QED) is 0.778. The molecule has 5 nitrogen and oxygen atoms in total. The fraction of sp³-hybridized carbons (Fsp3) is 0.231. The second-order valence-electron chi connectivity index (χ2n) is 4.24. The van der Waals surface area contributed by atoms with E-state index in [2.05, 4.69) is 15.3 Å². The molecule has 2 aromatic rings. The maximum Gasteiger partial charge on any atom is 0.276 e. The molecule has 0 saturated heterocycles. The van der Waals surface area contributed by atoms with Gasteiger partial charge in [0, 0.05) is 6.54 Å². The van der Waals surface area contributed by atoms with E-state index in [4.69, 9.17) is 5.73 Å². The van der Waals surface area contributed by atoms with Gasteiger partial charge in [-0.15, -0.1) is 0 Å². The van der Waals surface area contributed by atoms with Gasteiger partial charge < -0.3 is 16.0 Å². The summed E-state index contributed by atoms with van der Waals surface area (Å²) in [7, 11) is 0. The molecule has 0 aliphatic carbocycles. The van der Waals surface area contributed by atoms with E-state index in [0.29, 0.717) is 18.8 Å². The molecule has 0 fully saturated rings. The number of halogens is 1. The normalized spacial score (nSPS) is 10.4. The Bertz CT molecular complexity index is 639. The van der Waals surface area contributed by atoms with Gasteiger partial charge in [-0.25, -0.2) is 9.37 Å². The second-order valence-corrected chi connectivity index (χ2v) is 4.24. The van der Waals surface area contributed by atoms with Gasteiger partial charge in [-0.1, -0.05) is 6.07 Å². The number of hydrogen-bond donors (Lipinski definition) is 3. The van der Waals surface area contributed by atoms with Crippen LogP contribution in [-0.2, 0) is 6.42 Å². The molecule has 4 N–H and O–H groups in total. The highest BCUT2D eigenvalue weighted by Crippen LogP contribution is 2.12. The van der Waals surface area contributed by atoms with Crippen molar-refractivity contribution in [3.63, 3.8) is 0 Å². The summed E-state index contributed by atoms with van der Waals surface area (Å²) < 4.78 is 13.0. The van der Waals surface area contributed by atoms with Crippen molar-refractivity contribution in [1.29, 1.82) is 0 Å². The molecular formula is C13H15FN4O. The van der Waals surface area contributed by atoms with Crippen LogP contribution in [0.4, 0.5) is 15.9 Å². The first-order chi connectivity index (χ1) is 9.08. The van der Waals surface area contributed by atoms with Gasteiger partial charge in [0.15, 0.2) is 5.82 Å². The molecule has 1 heterocycles. The molecule has 1 aromatic heterocycles. The van der Waals surface area contributed by atoms with Crippen molar-refractivity contribution in [2.45, 2.75) is 13.3 Å². The van der Waals surface area contributed by atoms with Crippen LogP contribution in [0.5, 0.6) is 0 Å². The molecule has 6 heteroatoms. The van der Waals surface area contributed by atoms with Gasteiger partial charge >= 0.3 is 0 Å². The highest BCUT2D eigenvalue weighted by molar-refractivity contribution is 5.58. The Morgan fingerprint density at radius 3 is 3.00 bits per heavy atom. The summed E-state index contributed by atoms with van der Waals surface area (Å²) in [6.07, 6.45) is 1.99. The molecule has 19 heavy (non-hydrogen) atoms. The van der Waals surface area contributed by atoms with Crippen molar-refractivity contribution in [3.05, 3.63) is 51.8 Å². The number of nitrogens with zero attached hydrogens (tertiary/aromatic N) is 1. The maximum atomic E-state index is 13.0. The molecule has 0 bridgehead atoms. The molecule has 100 valence electrons. The molecule has 1 aromatic carbocycles. The van der Waals surface area contributed by atoms with E-state index in [1.807, 2.05) is 6.92 Å². The van der Waals surface area contributed by atoms with E-state index in [-0.39, 0.29) is 17.1 Å². The lowest BCUT2D eigenvalue weighted by Gasteiger charge is -2.09. The van der Waals surface area contributed by atoms with Crippen LogP contribution in [0.3, 0.4) is 0 Å². The van der Waals surface area contributed by atoms with Crippen LogP contribution in [0.2, 0.25) is 0 Å². The Balaban J connectivity index is 2.00. The van der Waals surface area contributed by atoms with Gasteiger partial charge in [0.1, 0.15) is 11.5 Å². The van der Waals surface area contributed by atoms with E-state index in [9.17, 15) is 9.18 Å². The minimum atomic E-state index is -0.365. The number of benzene rings is 1. The molecular weight excluding hydrogens is 247 g/mol. The lowest BCUT2D eigenvalue weighted by molar-refractivity contribution is 0.625. The minimum absolute atomic E-state index is 0.0679. The van der Waals surface area contributed by atoms with Crippen LogP contribution >= 0.6 is 0 Å². The average Bonchev–Trinajstić information content (AvgIpc) is 2.37. The number of aromatic nitrogens is 2. The SMILES string of the molecule is Cc1cc(F)ccc1CCNc1nc[nH]c(=O)c1N. The smallest absolute Gasteiger partial charge is 0.276 e. The molecule has 0 aliphatic heterocycles. The van der Waals surface area contributed by atoms with Crippen molar-refractivity contribution in [1.82, 2.24) is 9.97 Å². The summed E-state index contributed by atoms with van der Waals surface area (Å²) in [5.74, 6) is 0.123. The third kappa shape index (κ3) is 3.09. The van der Waals surface area contributed by atoms with Gasteiger partial charge in [-0.2, -0.15) is 0 Å². The minimum Gasteiger partial charge on any atom is -0.391 e. The van der Waals surface area contributed by atoms with Crippen molar-refractivity contribution < 1.29 is 4.39 Å². The number of hydrogen-bond acceptors (Lipinski definition) is 4. The summed E-state index contributed by atoms with van der Waals surface area (Å²) in [6.45, 7) is 2.42. The first kappa shape index (κ1) is 13.1. The molecule has 0 spiro atoms. The predicted molar refractivity (Wildman–Crippen MR) is 72.6 cm³/mol. The standard InChI is InChI=1S/C13H15FN4O/c1-8-6-10(14)3-2-9(8)4-5-16-12-11(15)13(19)18-7-17-12/h2-3,6-7H,4-5,15H2,1H3,(H2,16,17,18,19). The van der Waals surface area contributed by atoms with E-state index in [0.717, 1.165) is 11.1 Å². The Hall–Kier alpha value is -2.37. The van der Waals surface area contributed by atoms with Crippen LogP contribution in [0.25, 0.3) is 0 Å². The first-order valence-corrected chi connectivity index (χ1v) is 5.90. The summed E-state index contributed by atoms with van der Waals surface area (Å²) >= 11 is 0. The molecule has 0 saturated carbocycles. The maximum absolute atomic E-state index is 13.0. The molecule has 0 unspecified atom stereocenters. The molecule has 0 amide bonds. The number of aryl methyl sites for hydroxylation is 1. The van der Waals surface area contributed by atoms with E-state index >= 15 is 0 Å². The van der Waals surface area contributed by atoms with Crippen molar-refractivity contribution >= 4 is 11.5 Å². The van der Waals surface area contributed by atoms with Crippen LogP contribution in [0.1, 0.15) is 11.1 Å². The van der Waals surface area contributed by atoms with Crippen LogP contribution in [0.15, 0.2) is 29.3 Å². The number of nitrogen functional groups attached to an aromatic ring is 1. The third-order valence-electron chi connectivity index (χ3n) is 2.88. The summed E-state index contributed by atoms with van der Waals surface area (Å²) in [4.78, 5) is 17.6. The summed E-state index contributed by atoms with van der Waals surface area (Å²) in [6, 6.07) is 4.68. The summed E-state index contributed by atoms with van der Waals surface area (Å²) in [5, 5.41) is 2.99. The largest absolute Gasteiger partial charge is 0.391 e.